The zero-order chi connectivity index (χ0) is 13.0. The third-order valence-corrected chi connectivity index (χ3v) is 2.28. The summed E-state index contributed by atoms with van der Waals surface area (Å²) in [5, 5.41) is 9.28. The second kappa shape index (κ2) is 5.31. The Kier molecular flexibility index (Phi) is 3.57. The molecule has 1 aromatic heterocycles. The molecule has 0 radical (unpaired) electrons. The molecule has 2 aromatic rings. The van der Waals surface area contributed by atoms with Crippen molar-refractivity contribution in [3.63, 3.8) is 0 Å². The van der Waals surface area contributed by atoms with E-state index in [0.29, 0.717) is 11.4 Å². The summed E-state index contributed by atoms with van der Waals surface area (Å²) in [6.07, 6.45) is 0. The minimum Gasteiger partial charge on any atom is -0.385 e. The summed E-state index contributed by atoms with van der Waals surface area (Å²) >= 11 is 0. The van der Waals surface area contributed by atoms with Gasteiger partial charge >= 0.3 is 6.01 Å². The highest BCUT2D eigenvalue weighted by molar-refractivity contribution is 6.03. The molecule has 1 amide bonds. The van der Waals surface area contributed by atoms with Crippen molar-refractivity contribution in [2.24, 2.45) is 0 Å². The molecule has 0 saturated heterocycles. The van der Waals surface area contributed by atoms with Crippen LogP contribution in [0.3, 0.4) is 0 Å². The maximum Gasteiger partial charge on any atom is 0.328 e. The topological polar surface area (TPSA) is 80.0 Å². The molecule has 0 aliphatic carbocycles. The molecule has 18 heavy (non-hydrogen) atoms. The average molecular weight is 246 g/mol. The smallest absolute Gasteiger partial charge is 0.328 e. The van der Waals surface area contributed by atoms with Crippen LogP contribution in [0.1, 0.15) is 23.1 Å². The lowest BCUT2D eigenvalue weighted by molar-refractivity contribution is 0.102. The number of aryl methyl sites for hydroxylation is 1. The SMILES string of the molecule is CCNc1ccc(C(=O)Nc2nc(C)no2)cc1. The Labute approximate surface area is 104 Å². The van der Waals surface area contributed by atoms with E-state index in [1.165, 1.54) is 0 Å². The summed E-state index contributed by atoms with van der Waals surface area (Å²) in [5.41, 5.74) is 1.51. The highest BCUT2D eigenvalue weighted by Gasteiger charge is 2.09. The molecule has 2 rings (SSSR count). The van der Waals surface area contributed by atoms with Gasteiger partial charge < -0.3 is 9.84 Å². The molecule has 0 spiro atoms. The number of hydrogen-bond acceptors (Lipinski definition) is 5. The van der Waals surface area contributed by atoms with E-state index in [-0.39, 0.29) is 11.9 Å². The van der Waals surface area contributed by atoms with Gasteiger partial charge in [0.25, 0.3) is 5.91 Å². The minimum atomic E-state index is -0.276. The first kappa shape index (κ1) is 12.1. The third-order valence-electron chi connectivity index (χ3n) is 2.28. The van der Waals surface area contributed by atoms with Crippen molar-refractivity contribution in [1.82, 2.24) is 10.1 Å². The molecule has 1 aromatic carbocycles. The first-order valence-electron chi connectivity index (χ1n) is 5.64. The highest BCUT2D eigenvalue weighted by Crippen LogP contribution is 2.11. The van der Waals surface area contributed by atoms with Crippen molar-refractivity contribution in [1.29, 1.82) is 0 Å². The number of aromatic nitrogens is 2. The molecule has 6 heteroatoms. The van der Waals surface area contributed by atoms with Crippen LogP contribution in [-0.4, -0.2) is 22.6 Å². The van der Waals surface area contributed by atoms with E-state index in [0.717, 1.165) is 12.2 Å². The van der Waals surface area contributed by atoms with Crippen LogP contribution in [0.15, 0.2) is 28.8 Å². The number of hydrogen-bond donors (Lipinski definition) is 2. The minimum absolute atomic E-state index is 0.105. The van der Waals surface area contributed by atoms with Crippen LogP contribution in [0.4, 0.5) is 11.7 Å². The number of nitrogens with zero attached hydrogens (tertiary/aromatic N) is 2. The summed E-state index contributed by atoms with van der Waals surface area (Å²) < 4.78 is 4.81. The zero-order valence-corrected chi connectivity index (χ0v) is 10.2. The Morgan fingerprint density at radius 1 is 1.33 bits per heavy atom. The van der Waals surface area contributed by atoms with Gasteiger partial charge in [0.2, 0.25) is 0 Å². The van der Waals surface area contributed by atoms with E-state index < -0.39 is 0 Å². The van der Waals surface area contributed by atoms with Crippen molar-refractivity contribution in [2.75, 3.05) is 17.2 Å². The van der Waals surface area contributed by atoms with E-state index in [9.17, 15) is 4.79 Å². The van der Waals surface area contributed by atoms with E-state index in [1.807, 2.05) is 19.1 Å². The lowest BCUT2D eigenvalue weighted by Gasteiger charge is -2.04. The monoisotopic (exact) mass is 246 g/mol. The Hall–Kier alpha value is -2.37. The summed E-state index contributed by atoms with van der Waals surface area (Å²) in [6.45, 7) is 4.54. The third kappa shape index (κ3) is 2.85. The van der Waals surface area contributed by atoms with Crippen molar-refractivity contribution >= 4 is 17.6 Å². The van der Waals surface area contributed by atoms with Crippen LogP contribution < -0.4 is 10.6 Å². The standard InChI is InChI=1S/C12H14N4O2/c1-3-13-10-6-4-9(5-7-10)11(17)15-12-14-8(2)16-18-12/h4-7,13H,3H2,1-2H3,(H,14,15,16,17). The van der Waals surface area contributed by atoms with Gasteiger partial charge in [0.15, 0.2) is 5.82 Å². The molecule has 0 saturated carbocycles. The molecule has 6 nitrogen and oxygen atoms in total. The molecule has 0 aliphatic rings. The fraction of sp³-hybridized carbons (Fsp3) is 0.250. The van der Waals surface area contributed by atoms with Crippen LogP contribution in [0.5, 0.6) is 0 Å². The normalized spacial score (nSPS) is 10.1. The molecular formula is C12H14N4O2. The van der Waals surface area contributed by atoms with Gasteiger partial charge in [-0.25, -0.2) is 0 Å². The molecule has 1 heterocycles. The lowest BCUT2D eigenvalue weighted by atomic mass is 10.2. The van der Waals surface area contributed by atoms with E-state index in [2.05, 4.69) is 20.8 Å². The average Bonchev–Trinajstić information content (AvgIpc) is 2.76. The lowest BCUT2D eigenvalue weighted by Crippen LogP contribution is -2.12. The summed E-state index contributed by atoms with van der Waals surface area (Å²) in [4.78, 5) is 15.7. The van der Waals surface area contributed by atoms with E-state index in [4.69, 9.17) is 4.52 Å². The molecule has 94 valence electrons. The Balaban J connectivity index is 2.04. The summed E-state index contributed by atoms with van der Waals surface area (Å²) in [5.74, 6) is 0.203. The molecule has 0 atom stereocenters. The van der Waals surface area contributed by atoms with Crippen LogP contribution in [0.25, 0.3) is 0 Å². The van der Waals surface area contributed by atoms with Crippen LogP contribution in [0.2, 0.25) is 0 Å². The van der Waals surface area contributed by atoms with E-state index in [1.54, 1.807) is 19.1 Å². The quantitative estimate of drug-likeness (QED) is 0.863. The van der Waals surface area contributed by atoms with Crippen LogP contribution in [0, 0.1) is 6.92 Å². The molecule has 2 N–H and O–H groups in total. The second-order valence-corrected chi connectivity index (χ2v) is 3.71. The Morgan fingerprint density at radius 3 is 2.61 bits per heavy atom. The number of carbonyl (C=O) groups is 1. The van der Waals surface area contributed by atoms with E-state index >= 15 is 0 Å². The van der Waals surface area contributed by atoms with Crippen LogP contribution >= 0.6 is 0 Å². The van der Waals surface area contributed by atoms with Gasteiger partial charge in [-0.05, 0) is 38.1 Å². The van der Waals surface area contributed by atoms with Gasteiger partial charge in [0, 0.05) is 17.8 Å². The van der Waals surface area contributed by atoms with Gasteiger partial charge in [-0.2, -0.15) is 4.98 Å². The predicted molar refractivity (Wildman–Crippen MR) is 67.6 cm³/mol. The van der Waals surface area contributed by atoms with Gasteiger partial charge in [0.05, 0.1) is 0 Å². The molecule has 0 bridgehead atoms. The fourth-order valence-corrected chi connectivity index (χ4v) is 1.46. The number of benzene rings is 1. The van der Waals surface area contributed by atoms with Crippen molar-refractivity contribution in [3.8, 4) is 0 Å². The molecule has 0 aliphatic heterocycles. The Morgan fingerprint density at radius 2 is 2.06 bits per heavy atom. The number of carbonyl (C=O) groups excluding carboxylic acids is 1. The highest BCUT2D eigenvalue weighted by atomic mass is 16.5. The number of nitrogens with one attached hydrogen (secondary N) is 2. The van der Waals surface area contributed by atoms with Crippen molar-refractivity contribution in [3.05, 3.63) is 35.7 Å². The predicted octanol–water partition coefficient (Wildman–Crippen LogP) is 2.06. The number of amides is 1. The largest absolute Gasteiger partial charge is 0.385 e. The maximum atomic E-state index is 11.8. The second-order valence-electron chi connectivity index (χ2n) is 3.71. The van der Waals surface area contributed by atoms with Crippen molar-refractivity contribution in [2.45, 2.75) is 13.8 Å². The van der Waals surface area contributed by atoms with Gasteiger partial charge in [-0.15, -0.1) is 0 Å². The summed E-state index contributed by atoms with van der Waals surface area (Å²) in [7, 11) is 0. The maximum absolute atomic E-state index is 11.8. The van der Waals surface area contributed by atoms with Crippen LogP contribution in [-0.2, 0) is 0 Å². The first-order chi connectivity index (χ1) is 8.69. The van der Waals surface area contributed by atoms with Crippen molar-refractivity contribution < 1.29 is 9.32 Å². The number of anilines is 2. The molecule has 0 fully saturated rings. The Bertz CT molecular complexity index is 533. The molecule has 0 unspecified atom stereocenters. The molecular weight excluding hydrogens is 232 g/mol. The fourth-order valence-electron chi connectivity index (χ4n) is 1.46. The summed E-state index contributed by atoms with van der Waals surface area (Å²) in [6, 6.07) is 7.26. The zero-order valence-electron chi connectivity index (χ0n) is 10.2. The first-order valence-corrected chi connectivity index (χ1v) is 5.64. The number of rotatable bonds is 4. The van der Waals surface area contributed by atoms with Gasteiger partial charge in [-0.1, -0.05) is 5.16 Å². The van der Waals surface area contributed by atoms with Gasteiger partial charge in [0.1, 0.15) is 0 Å². The van der Waals surface area contributed by atoms with Gasteiger partial charge in [-0.3, -0.25) is 10.1 Å².